The van der Waals surface area contributed by atoms with Gasteiger partial charge in [-0.15, -0.1) is 0 Å². The van der Waals surface area contributed by atoms with Gasteiger partial charge in [-0.05, 0) is 73.5 Å². The lowest BCUT2D eigenvalue weighted by molar-refractivity contribution is 0.0508. The van der Waals surface area contributed by atoms with Crippen LogP contribution in [0.15, 0.2) is 48.5 Å². The molecule has 1 amide bonds. The third kappa shape index (κ3) is 6.57. The summed E-state index contributed by atoms with van der Waals surface area (Å²) < 4.78 is 12.3. The van der Waals surface area contributed by atoms with Gasteiger partial charge in [-0.2, -0.15) is 0 Å². The van der Waals surface area contributed by atoms with E-state index in [1.807, 2.05) is 76.2 Å². The Morgan fingerprint density at radius 2 is 1.84 bits per heavy atom. The van der Waals surface area contributed by atoms with E-state index in [0.717, 1.165) is 20.4 Å². The van der Waals surface area contributed by atoms with Crippen LogP contribution in [0.25, 0.3) is 0 Å². The van der Waals surface area contributed by atoms with Crippen LogP contribution in [0, 0.1) is 3.57 Å². The number of alkyl carbamates (subject to hydrolysis) is 1. The molecule has 0 aromatic heterocycles. The van der Waals surface area contributed by atoms with Gasteiger partial charge in [0.2, 0.25) is 0 Å². The largest absolute Gasteiger partial charge is 0.488 e. The number of halogens is 1. The molecule has 2 aromatic carbocycles. The number of carbonyl (C=O) groups is 1. The van der Waals surface area contributed by atoms with E-state index in [0.29, 0.717) is 6.61 Å². The number of carbonyl (C=O) groups excluding carboxylic acids is 1. The lowest BCUT2D eigenvalue weighted by atomic mass is 10.1. The first-order valence-corrected chi connectivity index (χ1v) is 9.28. The van der Waals surface area contributed by atoms with E-state index in [4.69, 9.17) is 9.47 Å². The van der Waals surface area contributed by atoms with E-state index in [2.05, 4.69) is 27.9 Å². The van der Waals surface area contributed by atoms with Crippen LogP contribution in [-0.4, -0.2) is 11.7 Å². The van der Waals surface area contributed by atoms with Gasteiger partial charge in [0.25, 0.3) is 0 Å². The van der Waals surface area contributed by atoms with Gasteiger partial charge >= 0.3 is 6.09 Å². The number of rotatable bonds is 5. The number of ether oxygens (including phenoxy) is 2. The predicted octanol–water partition coefficient (Wildman–Crippen LogP) is 5.46. The van der Waals surface area contributed by atoms with Crippen molar-refractivity contribution in [3.63, 3.8) is 0 Å². The summed E-state index contributed by atoms with van der Waals surface area (Å²) in [4.78, 5) is 11.9. The first-order valence-electron chi connectivity index (χ1n) is 8.20. The molecule has 4 nitrogen and oxygen atoms in total. The van der Waals surface area contributed by atoms with Gasteiger partial charge in [0, 0.05) is 0 Å². The fraction of sp³-hybridized carbons (Fsp3) is 0.350. The van der Waals surface area contributed by atoms with Crippen molar-refractivity contribution < 1.29 is 14.3 Å². The first-order chi connectivity index (χ1) is 11.7. The van der Waals surface area contributed by atoms with Gasteiger partial charge in [-0.25, -0.2) is 4.79 Å². The number of hydrogen-bond donors (Lipinski definition) is 1. The van der Waals surface area contributed by atoms with Crippen molar-refractivity contribution in [1.29, 1.82) is 0 Å². The molecule has 0 radical (unpaired) electrons. The molecule has 0 saturated carbocycles. The van der Waals surface area contributed by atoms with Crippen LogP contribution >= 0.6 is 22.6 Å². The van der Waals surface area contributed by atoms with E-state index in [1.54, 1.807) is 0 Å². The van der Waals surface area contributed by atoms with Gasteiger partial charge < -0.3 is 14.8 Å². The maximum absolute atomic E-state index is 11.9. The molecular weight excluding hydrogens is 429 g/mol. The minimum atomic E-state index is -0.514. The third-order valence-electron chi connectivity index (χ3n) is 3.43. The summed E-state index contributed by atoms with van der Waals surface area (Å²) in [5.41, 5.74) is 1.57. The quantitative estimate of drug-likeness (QED) is 0.612. The summed E-state index contributed by atoms with van der Waals surface area (Å²) in [6.45, 7) is 7.97. The van der Waals surface area contributed by atoms with Crippen molar-refractivity contribution in [2.24, 2.45) is 0 Å². The summed E-state index contributed by atoms with van der Waals surface area (Å²) in [7, 11) is 0. The smallest absolute Gasteiger partial charge is 0.408 e. The van der Waals surface area contributed by atoms with Crippen LogP contribution in [0.3, 0.4) is 0 Å². The molecule has 1 N–H and O–H groups in total. The molecule has 0 saturated heterocycles. The minimum Gasteiger partial charge on any atom is -0.488 e. The average Bonchev–Trinajstić information content (AvgIpc) is 2.53. The molecule has 0 fully saturated rings. The van der Waals surface area contributed by atoms with E-state index in [9.17, 15) is 4.79 Å². The highest BCUT2D eigenvalue weighted by molar-refractivity contribution is 14.1. The zero-order valence-electron chi connectivity index (χ0n) is 15.0. The van der Waals surface area contributed by atoms with E-state index in [-0.39, 0.29) is 6.04 Å². The second-order valence-corrected chi connectivity index (χ2v) is 7.99. The number of amides is 1. The molecular formula is C20H24INO3. The van der Waals surface area contributed by atoms with Gasteiger partial charge in [0.15, 0.2) is 0 Å². The Kier molecular flexibility index (Phi) is 6.70. The molecule has 0 bridgehead atoms. The zero-order chi connectivity index (χ0) is 18.4. The predicted molar refractivity (Wildman–Crippen MR) is 108 cm³/mol. The van der Waals surface area contributed by atoms with Gasteiger partial charge in [-0.1, -0.05) is 36.4 Å². The maximum Gasteiger partial charge on any atom is 0.408 e. The Balaban J connectivity index is 2.03. The summed E-state index contributed by atoms with van der Waals surface area (Å²) in [5, 5.41) is 2.85. The topological polar surface area (TPSA) is 47.6 Å². The molecule has 0 aliphatic carbocycles. The fourth-order valence-electron chi connectivity index (χ4n) is 2.20. The van der Waals surface area contributed by atoms with Crippen LogP contribution in [0.2, 0.25) is 0 Å². The highest BCUT2D eigenvalue weighted by atomic mass is 127. The molecule has 0 aliphatic rings. The van der Waals surface area contributed by atoms with Crippen molar-refractivity contribution in [2.45, 2.75) is 45.9 Å². The monoisotopic (exact) mass is 453 g/mol. The molecule has 0 aliphatic heterocycles. The van der Waals surface area contributed by atoms with Crippen molar-refractivity contribution in [1.82, 2.24) is 5.32 Å². The molecule has 25 heavy (non-hydrogen) atoms. The second-order valence-electron chi connectivity index (χ2n) is 6.83. The minimum absolute atomic E-state index is 0.175. The number of hydrogen-bond acceptors (Lipinski definition) is 3. The highest BCUT2D eigenvalue weighted by Gasteiger charge is 2.18. The summed E-state index contributed by atoms with van der Waals surface area (Å²) in [5.74, 6) is 0.805. The average molecular weight is 453 g/mol. The van der Waals surface area contributed by atoms with Crippen molar-refractivity contribution in [2.75, 3.05) is 0 Å². The van der Waals surface area contributed by atoms with Crippen LogP contribution in [0.1, 0.15) is 44.9 Å². The number of benzene rings is 2. The lowest BCUT2D eigenvalue weighted by Crippen LogP contribution is -2.34. The molecule has 0 spiro atoms. The molecule has 5 heteroatoms. The van der Waals surface area contributed by atoms with Gasteiger partial charge in [0.05, 0.1) is 9.61 Å². The lowest BCUT2D eigenvalue weighted by Gasteiger charge is -2.22. The van der Waals surface area contributed by atoms with Crippen molar-refractivity contribution in [3.05, 3.63) is 63.2 Å². The fourth-order valence-corrected chi connectivity index (χ4v) is 2.69. The first kappa shape index (κ1) is 19.6. The Labute approximate surface area is 163 Å². The van der Waals surface area contributed by atoms with Gasteiger partial charge in [-0.3, -0.25) is 0 Å². The summed E-state index contributed by atoms with van der Waals surface area (Å²) in [6, 6.07) is 15.8. The maximum atomic E-state index is 11.9. The summed E-state index contributed by atoms with van der Waals surface area (Å²) in [6.07, 6.45) is -0.426. The van der Waals surface area contributed by atoms with Crippen LogP contribution in [0.5, 0.6) is 5.75 Å². The standard InChI is InChI=1S/C20H24INO3/c1-14(22-19(23)25-20(2,3)4)16-10-11-17(21)18(12-16)24-13-15-8-6-5-7-9-15/h5-12,14H,13H2,1-4H3,(H,22,23). The molecule has 2 rings (SSSR count). The van der Waals surface area contributed by atoms with E-state index >= 15 is 0 Å². The second kappa shape index (κ2) is 8.56. The van der Waals surface area contributed by atoms with E-state index < -0.39 is 11.7 Å². The Bertz CT molecular complexity index is 711. The third-order valence-corrected chi connectivity index (χ3v) is 4.32. The molecule has 1 unspecified atom stereocenters. The van der Waals surface area contributed by atoms with Crippen molar-refractivity contribution >= 4 is 28.7 Å². The van der Waals surface area contributed by atoms with Gasteiger partial charge in [0.1, 0.15) is 18.0 Å². The van der Waals surface area contributed by atoms with Crippen molar-refractivity contribution in [3.8, 4) is 5.75 Å². The van der Waals surface area contributed by atoms with Crippen LogP contribution in [-0.2, 0) is 11.3 Å². The van der Waals surface area contributed by atoms with E-state index in [1.165, 1.54) is 0 Å². The summed E-state index contributed by atoms with van der Waals surface area (Å²) >= 11 is 2.25. The van der Waals surface area contributed by atoms with Crippen LogP contribution in [0.4, 0.5) is 4.79 Å². The Morgan fingerprint density at radius 3 is 2.48 bits per heavy atom. The molecule has 1 atom stereocenters. The number of nitrogens with one attached hydrogen (secondary N) is 1. The normalized spacial score (nSPS) is 12.4. The SMILES string of the molecule is CC(NC(=O)OC(C)(C)C)c1ccc(I)c(OCc2ccccc2)c1. The van der Waals surface area contributed by atoms with Crippen LogP contribution < -0.4 is 10.1 Å². The Morgan fingerprint density at radius 1 is 1.16 bits per heavy atom. The Hall–Kier alpha value is -1.76. The highest BCUT2D eigenvalue weighted by Crippen LogP contribution is 2.26. The molecule has 0 heterocycles. The molecule has 2 aromatic rings. The zero-order valence-corrected chi connectivity index (χ0v) is 17.2. The molecule has 134 valence electrons.